The Labute approximate surface area is 236 Å². The van der Waals surface area contributed by atoms with Crippen LogP contribution >= 0.6 is 35.3 Å². The molecular weight excluding hydrogens is 576 g/mol. The summed E-state index contributed by atoms with van der Waals surface area (Å²) in [5.74, 6) is -2.36. The first-order chi connectivity index (χ1) is 18.1. The number of nitrogens with zero attached hydrogens (tertiary/aromatic N) is 1. The first-order valence-corrected chi connectivity index (χ1v) is 13.9. The Hall–Kier alpha value is -2.77. The Balaban J connectivity index is 1.54. The Bertz CT molecular complexity index is 1300. The second-order valence-corrected chi connectivity index (χ2v) is 12.2. The molecule has 3 rings (SSSR count). The second kappa shape index (κ2) is 12.6. The SMILES string of the molecule is CC(C)(C)OC(=O)CCCNC(=O)CCN1C(=O)/C(=C/c2cc(-c3ccc(F)c(C(F)(F)F)c3)cs2)SC1=S. The molecule has 2 amide bonds. The Morgan fingerprint density at radius 3 is 2.51 bits per heavy atom. The third kappa shape index (κ3) is 8.87. The standard InChI is InChI=1S/C26H26F4N2O4S3/c1-25(2,3)36-22(34)5-4-9-31-21(33)8-10-32-23(35)20(39-24(32)37)13-17-11-16(14-38-17)15-6-7-19(27)18(12-15)26(28,29)30/h6-7,11-14H,4-5,8-10H2,1-3H3,(H,31,33)/b20-13-. The van der Waals surface area contributed by atoms with Crippen molar-refractivity contribution in [3.8, 4) is 11.1 Å². The number of carbonyl (C=O) groups excluding carboxylic acids is 3. The van der Waals surface area contributed by atoms with Crippen LogP contribution in [0.3, 0.4) is 0 Å². The maximum Gasteiger partial charge on any atom is 0.419 e. The smallest absolute Gasteiger partial charge is 0.419 e. The van der Waals surface area contributed by atoms with E-state index in [1.807, 2.05) is 0 Å². The van der Waals surface area contributed by atoms with Crippen molar-refractivity contribution in [2.75, 3.05) is 13.1 Å². The van der Waals surface area contributed by atoms with Crippen molar-refractivity contribution in [2.45, 2.75) is 51.8 Å². The minimum atomic E-state index is -4.82. The summed E-state index contributed by atoms with van der Waals surface area (Å²) in [5, 5.41) is 4.32. The summed E-state index contributed by atoms with van der Waals surface area (Å²) in [4.78, 5) is 39.0. The number of amides is 2. The van der Waals surface area contributed by atoms with Crippen LogP contribution in [-0.4, -0.2) is 45.7 Å². The van der Waals surface area contributed by atoms with Gasteiger partial charge in [0.05, 0.1) is 10.5 Å². The molecule has 13 heteroatoms. The van der Waals surface area contributed by atoms with Crippen LogP contribution < -0.4 is 5.32 Å². The van der Waals surface area contributed by atoms with Crippen LogP contribution in [0.25, 0.3) is 17.2 Å². The molecular formula is C26H26F4N2O4S3. The van der Waals surface area contributed by atoms with Gasteiger partial charge in [-0.3, -0.25) is 19.3 Å². The molecule has 1 aromatic heterocycles. The van der Waals surface area contributed by atoms with E-state index in [9.17, 15) is 31.9 Å². The number of thiophene rings is 1. The van der Waals surface area contributed by atoms with Gasteiger partial charge >= 0.3 is 12.1 Å². The van der Waals surface area contributed by atoms with Crippen LogP contribution in [0.5, 0.6) is 0 Å². The lowest BCUT2D eigenvalue weighted by molar-refractivity contribution is -0.155. The maximum atomic E-state index is 13.6. The number of ether oxygens (including phenoxy) is 1. The number of rotatable bonds is 9. The number of alkyl halides is 3. The number of nitrogens with one attached hydrogen (secondary N) is 1. The summed E-state index contributed by atoms with van der Waals surface area (Å²) in [5.41, 5.74) is -1.26. The highest BCUT2D eigenvalue weighted by molar-refractivity contribution is 8.26. The highest BCUT2D eigenvalue weighted by Gasteiger charge is 2.35. The predicted octanol–water partition coefficient (Wildman–Crippen LogP) is 6.40. The summed E-state index contributed by atoms with van der Waals surface area (Å²) in [6.07, 6.45) is -2.63. The number of hydrogen-bond donors (Lipinski definition) is 1. The fourth-order valence-electron chi connectivity index (χ4n) is 3.48. The molecule has 1 fully saturated rings. The summed E-state index contributed by atoms with van der Waals surface area (Å²) in [7, 11) is 0. The fourth-order valence-corrected chi connectivity index (χ4v) is 5.70. The molecule has 1 aliphatic heterocycles. The maximum absolute atomic E-state index is 13.6. The van der Waals surface area contributed by atoms with Gasteiger partial charge in [0, 0.05) is 30.8 Å². The van der Waals surface area contributed by atoms with E-state index >= 15 is 0 Å². The fraction of sp³-hybridized carbons (Fsp3) is 0.385. The van der Waals surface area contributed by atoms with Gasteiger partial charge in [-0.1, -0.05) is 30.0 Å². The molecule has 2 heterocycles. The predicted molar refractivity (Wildman–Crippen MR) is 147 cm³/mol. The molecule has 210 valence electrons. The quantitative estimate of drug-likeness (QED) is 0.118. The molecule has 0 atom stereocenters. The Morgan fingerprint density at radius 1 is 1.13 bits per heavy atom. The topological polar surface area (TPSA) is 75.7 Å². The molecule has 0 aliphatic carbocycles. The second-order valence-electron chi connectivity index (χ2n) is 9.55. The van der Waals surface area contributed by atoms with Gasteiger partial charge in [-0.2, -0.15) is 13.2 Å². The highest BCUT2D eigenvalue weighted by atomic mass is 32.2. The van der Waals surface area contributed by atoms with Gasteiger partial charge in [-0.15, -0.1) is 11.3 Å². The normalized spacial score (nSPS) is 15.3. The third-order valence-electron chi connectivity index (χ3n) is 5.23. The molecule has 6 nitrogen and oxygen atoms in total. The average Bonchev–Trinajstić information content (AvgIpc) is 3.38. The van der Waals surface area contributed by atoms with E-state index in [1.165, 1.54) is 22.3 Å². The molecule has 0 spiro atoms. The monoisotopic (exact) mass is 602 g/mol. The van der Waals surface area contributed by atoms with E-state index in [1.54, 1.807) is 38.3 Å². The van der Waals surface area contributed by atoms with Gasteiger partial charge in [0.2, 0.25) is 5.91 Å². The lowest BCUT2D eigenvalue weighted by Gasteiger charge is -2.19. The van der Waals surface area contributed by atoms with E-state index in [0.29, 0.717) is 21.8 Å². The molecule has 0 bridgehead atoms. The first-order valence-electron chi connectivity index (χ1n) is 11.8. The van der Waals surface area contributed by atoms with Crippen molar-refractivity contribution in [1.29, 1.82) is 0 Å². The molecule has 1 aliphatic rings. The number of halogens is 4. The van der Waals surface area contributed by atoms with Crippen molar-refractivity contribution in [3.05, 3.63) is 50.8 Å². The van der Waals surface area contributed by atoms with Crippen LogP contribution in [0.15, 0.2) is 34.6 Å². The van der Waals surface area contributed by atoms with E-state index in [4.69, 9.17) is 17.0 Å². The zero-order chi connectivity index (χ0) is 29.0. The van der Waals surface area contributed by atoms with Crippen molar-refractivity contribution >= 4 is 63.5 Å². The minimum absolute atomic E-state index is 0.0153. The molecule has 0 radical (unpaired) electrons. The van der Waals surface area contributed by atoms with E-state index in [-0.39, 0.29) is 53.6 Å². The zero-order valence-corrected chi connectivity index (χ0v) is 23.8. The molecule has 1 saturated heterocycles. The lowest BCUT2D eigenvalue weighted by Crippen LogP contribution is -2.34. The van der Waals surface area contributed by atoms with Crippen molar-refractivity contribution in [1.82, 2.24) is 10.2 Å². The van der Waals surface area contributed by atoms with Crippen LogP contribution in [0.1, 0.15) is 50.5 Å². The van der Waals surface area contributed by atoms with Crippen LogP contribution in [0.4, 0.5) is 17.6 Å². The summed E-state index contributed by atoms with van der Waals surface area (Å²) >= 11 is 7.57. The Kier molecular flexibility index (Phi) is 9.94. The van der Waals surface area contributed by atoms with Crippen molar-refractivity contribution in [2.24, 2.45) is 0 Å². The van der Waals surface area contributed by atoms with Gasteiger partial charge in [0.15, 0.2) is 0 Å². The van der Waals surface area contributed by atoms with Gasteiger partial charge < -0.3 is 10.1 Å². The molecule has 39 heavy (non-hydrogen) atoms. The Morgan fingerprint density at radius 2 is 1.85 bits per heavy atom. The van der Waals surface area contributed by atoms with Crippen LogP contribution in [0.2, 0.25) is 0 Å². The van der Waals surface area contributed by atoms with Gasteiger partial charge in [-0.05, 0) is 68.0 Å². The van der Waals surface area contributed by atoms with E-state index in [0.717, 1.165) is 23.9 Å². The molecule has 1 N–H and O–H groups in total. The largest absolute Gasteiger partial charge is 0.460 e. The van der Waals surface area contributed by atoms with Gasteiger partial charge in [0.25, 0.3) is 5.91 Å². The number of hydrogen-bond acceptors (Lipinski definition) is 7. The summed E-state index contributed by atoms with van der Waals surface area (Å²) in [6, 6.07) is 4.40. The van der Waals surface area contributed by atoms with Crippen molar-refractivity contribution in [3.63, 3.8) is 0 Å². The minimum Gasteiger partial charge on any atom is -0.460 e. The molecule has 2 aromatic rings. The highest BCUT2D eigenvalue weighted by Crippen LogP contribution is 2.37. The van der Waals surface area contributed by atoms with Gasteiger partial charge in [0.1, 0.15) is 15.7 Å². The van der Waals surface area contributed by atoms with Crippen molar-refractivity contribution < 1.29 is 36.7 Å². The molecule has 0 unspecified atom stereocenters. The third-order valence-corrected chi connectivity index (χ3v) is 7.49. The summed E-state index contributed by atoms with van der Waals surface area (Å²) < 4.78 is 58.3. The number of benzene rings is 1. The number of thiocarbonyl (C=S) groups is 1. The molecule has 0 saturated carbocycles. The number of thioether (sulfide) groups is 1. The lowest BCUT2D eigenvalue weighted by atomic mass is 10.0. The van der Waals surface area contributed by atoms with Crippen LogP contribution in [0, 0.1) is 5.82 Å². The van der Waals surface area contributed by atoms with E-state index in [2.05, 4.69) is 5.32 Å². The molecule has 1 aromatic carbocycles. The van der Waals surface area contributed by atoms with E-state index < -0.39 is 23.2 Å². The first kappa shape index (κ1) is 30.8. The number of carbonyl (C=O) groups is 3. The van der Waals surface area contributed by atoms with Crippen LogP contribution in [-0.2, 0) is 25.3 Å². The summed E-state index contributed by atoms with van der Waals surface area (Å²) in [6.45, 7) is 5.69. The number of esters is 1. The zero-order valence-electron chi connectivity index (χ0n) is 21.3. The average molecular weight is 603 g/mol. The van der Waals surface area contributed by atoms with Gasteiger partial charge in [-0.25, -0.2) is 4.39 Å².